The van der Waals surface area contributed by atoms with E-state index in [0.29, 0.717) is 38.3 Å². The third kappa shape index (κ3) is 5.41. The molecule has 1 heterocycles. The van der Waals surface area contributed by atoms with Gasteiger partial charge in [0, 0.05) is 26.6 Å². The Labute approximate surface area is 216 Å². The molecule has 1 aromatic heterocycles. The van der Waals surface area contributed by atoms with E-state index >= 15 is 0 Å². The fraction of sp³-hybridized carbons (Fsp3) is 0.125. The highest BCUT2D eigenvalue weighted by Gasteiger charge is 2.12. The number of nitro groups is 1. The van der Waals surface area contributed by atoms with Gasteiger partial charge < -0.3 is 9.47 Å². The Kier molecular flexibility index (Phi) is 7.27. The van der Waals surface area contributed by atoms with E-state index in [0.717, 1.165) is 10.0 Å². The number of rotatable bonds is 7. The first kappa shape index (κ1) is 24.6. The first-order valence-electron chi connectivity index (χ1n) is 10.2. The summed E-state index contributed by atoms with van der Waals surface area (Å²) in [4.78, 5) is 27.8. The number of aryl methyl sites for hydroxylation is 1. The van der Waals surface area contributed by atoms with Gasteiger partial charge in [0.05, 0.1) is 29.2 Å². The van der Waals surface area contributed by atoms with Crippen LogP contribution in [0.2, 0.25) is 0 Å². The van der Waals surface area contributed by atoms with Crippen molar-refractivity contribution in [2.24, 2.45) is 5.10 Å². The smallest absolute Gasteiger partial charge is 0.282 e. The lowest BCUT2D eigenvalue weighted by atomic mass is 10.2. The molecule has 0 fully saturated rings. The monoisotopic (exact) mass is 600 g/mol. The summed E-state index contributed by atoms with van der Waals surface area (Å²) in [6.07, 6.45) is 1.53. The van der Waals surface area contributed by atoms with Crippen molar-refractivity contribution >= 4 is 54.7 Å². The summed E-state index contributed by atoms with van der Waals surface area (Å²) in [6.45, 7) is 1.91. The Morgan fingerprint density at radius 2 is 1.86 bits per heavy atom. The topological polar surface area (TPSA) is 109 Å². The summed E-state index contributed by atoms with van der Waals surface area (Å²) >= 11 is 6.89. The van der Waals surface area contributed by atoms with Crippen molar-refractivity contribution in [2.75, 3.05) is 7.11 Å². The van der Waals surface area contributed by atoms with Gasteiger partial charge in [-0.05, 0) is 70.9 Å². The number of methoxy groups -OCH3 is 1. The number of nitro benzene ring substituents is 1. The standard InChI is InChI=1S/C24H18Br2N4O5/c1-14-28-21-8-5-17(25)10-19(21)24(31)29(14)27-12-16-9-22(34-2)23(11-20(16)26)35-13-15-3-6-18(7-4-15)30(32)33/h3-12H,13H2,1-2H3. The van der Waals surface area contributed by atoms with E-state index in [1.165, 1.54) is 30.1 Å². The SMILES string of the molecule is COc1cc(C=Nn2c(C)nc3ccc(Br)cc3c2=O)c(Br)cc1OCc1ccc([N+](=O)[O-])cc1. The van der Waals surface area contributed by atoms with Crippen molar-refractivity contribution in [3.05, 3.63) is 101 Å². The summed E-state index contributed by atoms with van der Waals surface area (Å²) in [5.41, 5.74) is 1.76. The van der Waals surface area contributed by atoms with Crippen molar-refractivity contribution in [3.8, 4) is 11.5 Å². The second-order valence-electron chi connectivity index (χ2n) is 7.42. The van der Waals surface area contributed by atoms with E-state index in [2.05, 4.69) is 41.9 Å². The molecule has 0 bridgehead atoms. The van der Waals surface area contributed by atoms with Crippen molar-refractivity contribution in [2.45, 2.75) is 13.5 Å². The van der Waals surface area contributed by atoms with E-state index in [9.17, 15) is 14.9 Å². The molecule has 0 saturated heterocycles. The van der Waals surface area contributed by atoms with Gasteiger partial charge in [0.2, 0.25) is 0 Å². The van der Waals surface area contributed by atoms with E-state index in [1.54, 1.807) is 43.3 Å². The highest BCUT2D eigenvalue weighted by atomic mass is 79.9. The lowest BCUT2D eigenvalue weighted by Gasteiger charge is -2.13. The van der Waals surface area contributed by atoms with Crippen molar-refractivity contribution in [1.29, 1.82) is 0 Å². The minimum atomic E-state index is -0.451. The summed E-state index contributed by atoms with van der Waals surface area (Å²) in [5.74, 6) is 1.38. The number of hydrogen-bond donors (Lipinski definition) is 0. The molecule has 0 N–H and O–H groups in total. The zero-order valence-electron chi connectivity index (χ0n) is 18.6. The molecule has 35 heavy (non-hydrogen) atoms. The molecule has 0 saturated carbocycles. The normalized spacial score (nSPS) is 11.2. The minimum Gasteiger partial charge on any atom is -0.493 e. The number of nitrogens with zero attached hydrogens (tertiary/aromatic N) is 4. The molecule has 0 aliphatic heterocycles. The Hall–Kier alpha value is -3.57. The molecule has 4 aromatic rings. The Morgan fingerprint density at radius 3 is 2.54 bits per heavy atom. The number of hydrogen-bond acceptors (Lipinski definition) is 7. The van der Waals surface area contributed by atoms with Crippen molar-refractivity contribution in [3.63, 3.8) is 0 Å². The zero-order valence-corrected chi connectivity index (χ0v) is 21.7. The van der Waals surface area contributed by atoms with Crippen LogP contribution in [0.4, 0.5) is 5.69 Å². The lowest BCUT2D eigenvalue weighted by Crippen LogP contribution is -2.20. The van der Waals surface area contributed by atoms with Gasteiger partial charge in [0.1, 0.15) is 12.4 Å². The van der Waals surface area contributed by atoms with Gasteiger partial charge in [0.15, 0.2) is 11.5 Å². The molecule has 0 atom stereocenters. The maximum Gasteiger partial charge on any atom is 0.282 e. The molecule has 0 unspecified atom stereocenters. The predicted octanol–water partition coefficient (Wildman–Crippen LogP) is 5.61. The zero-order chi connectivity index (χ0) is 25.1. The largest absolute Gasteiger partial charge is 0.493 e. The first-order chi connectivity index (χ1) is 16.8. The van der Waals surface area contributed by atoms with Gasteiger partial charge in [-0.3, -0.25) is 14.9 Å². The van der Waals surface area contributed by atoms with Crippen molar-refractivity contribution < 1.29 is 14.4 Å². The Morgan fingerprint density at radius 1 is 1.11 bits per heavy atom. The fourth-order valence-electron chi connectivity index (χ4n) is 3.31. The number of fused-ring (bicyclic) bond motifs is 1. The molecule has 0 aliphatic carbocycles. The lowest BCUT2D eigenvalue weighted by molar-refractivity contribution is -0.384. The average molecular weight is 602 g/mol. The molecule has 0 radical (unpaired) electrons. The molecular formula is C24H18Br2N4O5. The third-order valence-electron chi connectivity index (χ3n) is 5.11. The van der Waals surface area contributed by atoms with Crippen molar-refractivity contribution in [1.82, 2.24) is 9.66 Å². The summed E-state index contributed by atoms with van der Waals surface area (Å²) < 4.78 is 14.0. The van der Waals surface area contributed by atoms with Crippen LogP contribution < -0.4 is 15.0 Å². The molecule has 178 valence electrons. The van der Waals surface area contributed by atoms with Gasteiger partial charge >= 0.3 is 0 Å². The van der Waals surface area contributed by atoms with Gasteiger partial charge in [-0.15, -0.1) is 0 Å². The van der Waals surface area contributed by atoms with Gasteiger partial charge in [0.25, 0.3) is 11.2 Å². The van der Waals surface area contributed by atoms with E-state index in [-0.39, 0.29) is 17.9 Å². The van der Waals surface area contributed by atoms with Crippen LogP contribution in [-0.2, 0) is 6.61 Å². The molecule has 9 nitrogen and oxygen atoms in total. The highest BCUT2D eigenvalue weighted by Crippen LogP contribution is 2.33. The van der Waals surface area contributed by atoms with Crippen LogP contribution in [0.25, 0.3) is 10.9 Å². The summed E-state index contributed by atoms with van der Waals surface area (Å²) in [7, 11) is 1.52. The number of benzene rings is 3. The van der Waals surface area contributed by atoms with Gasteiger partial charge in [-0.1, -0.05) is 15.9 Å². The minimum absolute atomic E-state index is 0.0151. The quantitative estimate of drug-likeness (QED) is 0.155. The van der Waals surface area contributed by atoms with E-state index < -0.39 is 4.92 Å². The van der Waals surface area contributed by atoms with Gasteiger partial charge in [-0.2, -0.15) is 9.78 Å². The van der Waals surface area contributed by atoms with Crippen LogP contribution in [0.5, 0.6) is 11.5 Å². The van der Waals surface area contributed by atoms with E-state index in [1.807, 2.05) is 6.07 Å². The molecule has 4 rings (SSSR count). The maximum atomic E-state index is 13.0. The highest BCUT2D eigenvalue weighted by molar-refractivity contribution is 9.10. The second kappa shape index (κ2) is 10.4. The van der Waals surface area contributed by atoms with Crippen LogP contribution in [0.3, 0.4) is 0 Å². The number of non-ortho nitro benzene ring substituents is 1. The first-order valence-corrected chi connectivity index (χ1v) is 11.8. The fourth-order valence-corrected chi connectivity index (χ4v) is 4.10. The van der Waals surface area contributed by atoms with Crippen LogP contribution in [0.15, 0.2) is 73.4 Å². The predicted molar refractivity (Wildman–Crippen MR) is 140 cm³/mol. The molecular weight excluding hydrogens is 584 g/mol. The Balaban J connectivity index is 1.60. The molecule has 0 aliphatic rings. The Bertz CT molecular complexity index is 1520. The van der Waals surface area contributed by atoms with Crippen LogP contribution >= 0.6 is 31.9 Å². The number of aromatic nitrogens is 2. The average Bonchev–Trinajstić information content (AvgIpc) is 2.84. The second-order valence-corrected chi connectivity index (χ2v) is 9.19. The molecule has 3 aromatic carbocycles. The maximum absolute atomic E-state index is 13.0. The van der Waals surface area contributed by atoms with Crippen LogP contribution in [0.1, 0.15) is 17.0 Å². The van der Waals surface area contributed by atoms with Crippen LogP contribution in [0, 0.1) is 17.0 Å². The molecule has 11 heteroatoms. The molecule has 0 spiro atoms. The third-order valence-corrected chi connectivity index (χ3v) is 6.29. The van der Waals surface area contributed by atoms with Crippen LogP contribution in [-0.4, -0.2) is 27.9 Å². The van der Waals surface area contributed by atoms with E-state index in [4.69, 9.17) is 9.47 Å². The summed E-state index contributed by atoms with van der Waals surface area (Å²) in [5, 5.41) is 15.6. The number of halogens is 2. The molecule has 0 amide bonds. The number of ether oxygens (including phenoxy) is 2. The summed E-state index contributed by atoms with van der Waals surface area (Å²) in [6, 6.07) is 14.9. The van der Waals surface area contributed by atoms with Gasteiger partial charge in [-0.25, -0.2) is 4.98 Å².